The van der Waals surface area contributed by atoms with E-state index >= 15 is 0 Å². The zero-order valence-corrected chi connectivity index (χ0v) is 16.4. The van der Waals surface area contributed by atoms with Crippen LogP contribution in [0, 0.1) is 0 Å². The Morgan fingerprint density at radius 1 is 1.00 bits per heavy atom. The molecular weight excluding hydrogens is 374 g/mol. The van der Waals surface area contributed by atoms with Crippen LogP contribution in [-0.4, -0.2) is 54.3 Å². The molecule has 2 aromatic rings. The number of urea groups is 1. The normalized spacial score (nSPS) is 14.9. The number of imide groups is 2. The fraction of sp³-hybridized carbons (Fsp3) is 0.238. The molecule has 1 aliphatic rings. The summed E-state index contributed by atoms with van der Waals surface area (Å²) in [5, 5.41) is 0. The molecule has 0 bridgehead atoms. The van der Waals surface area contributed by atoms with Gasteiger partial charge in [0.1, 0.15) is 12.3 Å². The van der Waals surface area contributed by atoms with Gasteiger partial charge in [-0.05, 0) is 36.8 Å². The average molecular weight is 395 g/mol. The van der Waals surface area contributed by atoms with Gasteiger partial charge in [0.15, 0.2) is 0 Å². The first-order chi connectivity index (χ1) is 13.8. The van der Waals surface area contributed by atoms with Crippen molar-refractivity contribution in [3.05, 3.63) is 60.2 Å². The zero-order valence-electron chi connectivity index (χ0n) is 16.4. The van der Waals surface area contributed by atoms with E-state index in [9.17, 15) is 19.2 Å². The van der Waals surface area contributed by atoms with E-state index in [2.05, 4.69) is 0 Å². The van der Waals surface area contributed by atoms with Gasteiger partial charge in [0.05, 0.1) is 18.8 Å². The Bertz CT molecular complexity index is 943. The van der Waals surface area contributed by atoms with E-state index in [0.717, 1.165) is 10.5 Å². The highest BCUT2D eigenvalue weighted by Crippen LogP contribution is 2.25. The van der Waals surface area contributed by atoms with Crippen molar-refractivity contribution in [2.45, 2.75) is 13.0 Å². The zero-order chi connectivity index (χ0) is 21.1. The number of methoxy groups -OCH3 is 1. The van der Waals surface area contributed by atoms with Gasteiger partial charge >= 0.3 is 17.8 Å². The number of carbonyl (C=O) groups is 4. The second-order valence-electron chi connectivity index (χ2n) is 6.60. The molecule has 1 fully saturated rings. The van der Waals surface area contributed by atoms with Crippen molar-refractivity contribution in [3.63, 3.8) is 0 Å². The van der Waals surface area contributed by atoms with Crippen molar-refractivity contribution in [3.8, 4) is 5.75 Å². The second kappa shape index (κ2) is 8.14. The van der Waals surface area contributed by atoms with Crippen molar-refractivity contribution in [2.24, 2.45) is 0 Å². The van der Waals surface area contributed by atoms with E-state index in [4.69, 9.17) is 4.74 Å². The van der Waals surface area contributed by atoms with Crippen molar-refractivity contribution >= 4 is 29.4 Å². The molecule has 0 N–H and O–H groups in total. The van der Waals surface area contributed by atoms with Crippen LogP contribution in [0.5, 0.6) is 5.75 Å². The monoisotopic (exact) mass is 395 g/mol. The Hall–Kier alpha value is -3.68. The molecule has 8 heteroatoms. The summed E-state index contributed by atoms with van der Waals surface area (Å²) in [7, 11) is 3.08. The third-order valence-electron chi connectivity index (χ3n) is 4.93. The van der Waals surface area contributed by atoms with Gasteiger partial charge in [0.2, 0.25) is 5.91 Å². The Morgan fingerprint density at radius 2 is 1.62 bits per heavy atom. The lowest BCUT2D eigenvalue weighted by molar-refractivity contribution is -0.142. The molecule has 29 heavy (non-hydrogen) atoms. The summed E-state index contributed by atoms with van der Waals surface area (Å²) in [4.78, 5) is 52.9. The molecule has 1 aliphatic heterocycles. The number of benzene rings is 2. The fourth-order valence-corrected chi connectivity index (χ4v) is 3.02. The molecule has 0 radical (unpaired) electrons. The van der Waals surface area contributed by atoms with E-state index in [0.29, 0.717) is 10.6 Å². The van der Waals surface area contributed by atoms with Crippen LogP contribution in [0.25, 0.3) is 0 Å². The maximum atomic E-state index is 12.7. The van der Waals surface area contributed by atoms with E-state index in [1.165, 1.54) is 24.1 Å². The molecule has 1 saturated heterocycles. The van der Waals surface area contributed by atoms with Crippen LogP contribution in [-0.2, 0) is 14.4 Å². The molecular formula is C21H21N3O5. The van der Waals surface area contributed by atoms with Crippen molar-refractivity contribution in [1.82, 2.24) is 9.80 Å². The quantitative estimate of drug-likeness (QED) is 0.553. The molecule has 1 atom stereocenters. The molecule has 2 aromatic carbocycles. The van der Waals surface area contributed by atoms with Gasteiger partial charge in [0, 0.05) is 7.05 Å². The molecule has 0 unspecified atom stereocenters. The Kier molecular flexibility index (Phi) is 5.63. The molecule has 5 amide bonds. The number of hydrogen-bond acceptors (Lipinski definition) is 5. The highest BCUT2D eigenvalue weighted by Gasteiger charge is 2.46. The van der Waals surface area contributed by atoms with Gasteiger partial charge in [-0.2, -0.15) is 0 Å². The Balaban J connectivity index is 1.75. The standard InChI is InChI=1S/C21H21N3O5/c1-14(15-7-5-4-6-8-15)22(2)18(25)13-23-19(26)20(27)24(21(23)28)16-9-11-17(29-3)12-10-16/h4-12,14H,13H2,1-3H3/t14-/m1/s1. The lowest BCUT2D eigenvalue weighted by Gasteiger charge is -2.26. The van der Waals surface area contributed by atoms with Crippen LogP contribution in [0.1, 0.15) is 18.5 Å². The fourth-order valence-electron chi connectivity index (χ4n) is 3.02. The van der Waals surface area contributed by atoms with E-state index in [-0.39, 0.29) is 11.7 Å². The number of ether oxygens (including phenoxy) is 1. The topological polar surface area (TPSA) is 87.2 Å². The summed E-state index contributed by atoms with van der Waals surface area (Å²) in [5.41, 5.74) is 1.15. The minimum absolute atomic E-state index is 0.232. The van der Waals surface area contributed by atoms with Gasteiger partial charge in [-0.3, -0.25) is 14.4 Å². The van der Waals surface area contributed by atoms with Crippen LogP contribution in [0.15, 0.2) is 54.6 Å². The molecule has 1 heterocycles. The number of anilines is 1. The maximum Gasteiger partial charge on any atom is 0.339 e. The summed E-state index contributed by atoms with van der Waals surface area (Å²) >= 11 is 0. The first-order valence-electron chi connectivity index (χ1n) is 8.99. The SMILES string of the molecule is COc1ccc(N2C(=O)C(=O)N(CC(=O)N(C)[C@H](C)c3ccccc3)C2=O)cc1. The van der Waals surface area contributed by atoms with Gasteiger partial charge < -0.3 is 9.64 Å². The largest absolute Gasteiger partial charge is 0.497 e. The highest BCUT2D eigenvalue weighted by atomic mass is 16.5. The van der Waals surface area contributed by atoms with Crippen LogP contribution in [0.2, 0.25) is 0 Å². The minimum atomic E-state index is -1.03. The Labute approximate surface area is 168 Å². The summed E-state index contributed by atoms with van der Waals surface area (Å²) in [6.45, 7) is 1.33. The van der Waals surface area contributed by atoms with E-state index < -0.39 is 30.3 Å². The summed E-state index contributed by atoms with van der Waals surface area (Å²) in [5.74, 6) is -1.93. The third-order valence-corrected chi connectivity index (χ3v) is 4.93. The van der Waals surface area contributed by atoms with Gasteiger partial charge in [0.25, 0.3) is 0 Å². The molecule has 0 aromatic heterocycles. The maximum absolute atomic E-state index is 12.7. The molecule has 150 valence electrons. The molecule has 0 aliphatic carbocycles. The number of carbonyl (C=O) groups excluding carboxylic acids is 4. The first-order valence-corrected chi connectivity index (χ1v) is 8.99. The summed E-state index contributed by atoms with van der Waals surface area (Å²) in [6, 6.07) is 14.4. The lowest BCUT2D eigenvalue weighted by atomic mass is 10.1. The minimum Gasteiger partial charge on any atom is -0.497 e. The Morgan fingerprint density at radius 3 is 2.21 bits per heavy atom. The highest BCUT2D eigenvalue weighted by molar-refractivity contribution is 6.53. The molecule has 0 spiro atoms. The summed E-state index contributed by atoms with van der Waals surface area (Å²) in [6.07, 6.45) is 0. The van der Waals surface area contributed by atoms with Crippen LogP contribution in [0.4, 0.5) is 10.5 Å². The van der Waals surface area contributed by atoms with Crippen LogP contribution < -0.4 is 9.64 Å². The predicted octanol–water partition coefficient (Wildman–Crippen LogP) is 2.21. The molecule has 8 nitrogen and oxygen atoms in total. The number of rotatable bonds is 6. The van der Waals surface area contributed by atoms with Gasteiger partial charge in [-0.1, -0.05) is 30.3 Å². The molecule has 3 rings (SSSR count). The van der Waals surface area contributed by atoms with E-state index in [1.807, 2.05) is 37.3 Å². The second-order valence-corrected chi connectivity index (χ2v) is 6.60. The number of likely N-dealkylation sites (N-methyl/N-ethyl adjacent to an activating group) is 1. The number of amides is 5. The van der Waals surface area contributed by atoms with E-state index in [1.54, 1.807) is 19.2 Å². The summed E-state index contributed by atoms with van der Waals surface area (Å²) < 4.78 is 5.05. The average Bonchev–Trinajstić information content (AvgIpc) is 2.96. The first kappa shape index (κ1) is 20.1. The number of hydrogen-bond donors (Lipinski definition) is 0. The number of nitrogens with zero attached hydrogens (tertiary/aromatic N) is 3. The van der Waals surface area contributed by atoms with Crippen LogP contribution >= 0.6 is 0 Å². The van der Waals surface area contributed by atoms with Gasteiger partial charge in [-0.15, -0.1) is 0 Å². The molecule has 0 saturated carbocycles. The van der Waals surface area contributed by atoms with Crippen LogP contribution in [0.3, 0.4) is 0 Å². The van der Waals surface area contributed by atoms with Crippen molar-refractivity contribution in [2.75, 3.05) is 25.6 Å². The van der Waals surface area contributed by atoms with Gasteiger partial charge in [-0.25, -0.2) is 14.6 Å². The lowest BCUT2D eigenvalue weighted by Crippen LogP contribution is -2.42. The van der Waals surface area contributed by atoms with Crippen molar-refractivity contribution < 1.29 is 23.9 Å². The smallest absolute Gasteiger partial charge is 0.339 e. The third kappa shape index (κ3) is 3.82. The predicted molar refractivity (Wildman–Crippen MR) is 105 cm³/mol. The van der Waals surface area contributed by atoms with Crippen molar-refractivity contribution in [1.29, 1.82) is 0 Å².